The van der Waals surface area contributed by atoms with E-state index in [1.807, 2.05) is 79.7 Å². The SMILES string of the molecule is C[C@@H](OCc1ccco1)[C@@H](OCc1ccco1)C(OCc1ccco1)[C@H](CC(COCc1ccco1)OCc1ccco1)OCc1ccco1. The molecule has 6 aromatic rings. The molecule has 0 aliphatic carbocycles. The van der Waals surface area contributed by atoms with E-state index in [1.165, 1.54) is 0 Å². The average Bonchev–Trinajstić information content (AvgIpc) is 3.98. The third kappa shape index (κ3) is 11.0. The molecule has 6 aromatic heterocycles. The van der Waals surface area contributed by atoms with Crippen molar-refractivity contribution in [2.75, 3.05) is 6.61 Å². The predicted octanol–water partition coefficient (Wildman–Crippen LogP) is 8.10. The lowest BCUT2D eigenvalue weighted by Crippen LogP contribution is -2.50. The maximum Gasteiger partial charge on any atom is 0.129 e. The average molecular weight is 691 g/mol. The Bertz CT molecular complexity index is 1640. The Kier molecular flexibility index (Phi) is 13.4. The fraction of sp³-hybridized carbons (Fsp3) is 0.368. The Morgan fingerprint density at radius 1 is 0.440 bits per heavy atom. The van der Waals surface area contributed by atoms with Crippen LogP contribution in [0.4, 0.5) is 0 Å². The van der Waals surface area contributed by atoms with Gasteiger partial charge in [-0.05, 0) is 79.7 Å². The molecule has 5 atom stereocenters. The fourth-order valence-electron chi connectivity index (χ4n) is 5.36. The summed E-state index contributed by atoms with van der Waals surface area (Å²) in [6.45, 7) is 3.38. The Morgan fingerprint density at radius 2 is 0.820 bits per heavy atom. The molecular formula is C38H42O12. The topological polar surface area (TPSA) is 134 Å². The van der Waals surface area contributed by atoms with Crippen LogP contribution in [-0.4, -0.2) is 37.1 Å². The van der Waals surface area contributed by atoms with Gasteiger partial charge in [-0.15, -0.1) is 0 Å². The molecule has 0 aliphatic rings. The van der Waals surface area contributed by atoms with Gasteiger partial charge in [-0.3, -0.25) is 0 Å². The molecule has 6 rings (SSSR count). The van der Waals surface area contributed by atoms with Gasteiger partial charge in [0, 0.05) is 6.42 Å². The molecule has 0 amide bonds. The minimum atomic E-state index is -0.712. The van der Waals surface area contributed by atoms with Crippen molar-refractivity contribution in [3.05, 3.63) is 145 Å². The third-order valence-corrected chi connectivity index (χ3v) is 7.90. The summed E-state index contributed by atoms with van der Waals surface area (Å²) >= 11 is 0. The highest BCUT2D eigenvalue weighted by Gasteiger charge is 2.39. The largest absolute Gasteiger partial charge is 0.467 e. The van der Waals surface area contributed by atoms with Gasteiger partial charge in [-0.1, -0.05) is 0 Å². The number of hydrogen-bond acceptors (Lipinski definition) is 12. The van der Waals surface area contributed by atoms with E-state index < -0.39 is 30.5 Å². The van der Waals surface area contributed by atoms with Crippen molar-refractivity contribution in [1.29, 1.82) is 0 Å². The summed E-state index contributed by atoms with van der Waals surface area (Å²) in [5.74, 6) is 4.00. The molecular weight excluding hydrogens is 648 g/mol. The first kappa shape index (κ1) is 35.3. The minimum Gasteiger partial charge on any atom is -0.467 e. The first-order valence-electron chi connectivity index (χ1n) is 16.5. The van der Waals surface area contributed by atoms with Gasteiger partial charge in [0.1, 0.15) is 86.4 Å². The normalized spacial score (nSPS) is 14.8. The standard InChI is InChI=1S/C38H42O12/c1-28(46-23-30-9-3-15-41-30)37(49-26-33-12-6-18-44-33)38(50-27-34-13-7-19-45-34)36(48-25-32-11-5-17-43-32)20-35(47-24-31-10-4-16-42-31)22-39-21-29-8-2-14-40-29/h2-19,28,35-38H,20-27H2,1H3/t28-,35?,36+,37-,38?/m1/s1. The second-order valence-corrected chi connectivity index (χ2v) is 11.6. The Balaban J connectivity index is 1.28. The summed E-state index contributed by atoms with van der Waals surface area (Å²) < 4.78 is 72.2. The van der Waals surface area contributed by atoms with Gasteiger partial charge in [0.05, 0.1) is 62.5 Å². The van der Waals surface area contributed by atoms with Gasteiger partial charge in [0.25, 0.3) is 0 Å². The Labute approximate surface area is 289 Å². The molecule has 0 saturated heterocycles. The molecule has 6 heterocycles. The van der Waals surface area contributed by atoms with Gasteiger partial charge >= 0.3 is 0 Å². The zero-order chi connectivity index (χ0) is 34.2. The molecule has 12 nitrogen and oxygen atoms in total. The van der Waals surface area contributed by atoms with Gasteiger partial charge < -0.3 is 54.9 Å². The van der Waals surface area contributed by atoms with Crippen LogP contribution in [0.5, 0.6) is 0 Å². The lowest BCUT2D eigenvalue weighted by atomic mass is 9.98. The van der Waals surface area contributed by atoms with E-state index in [0.29, 0.717) is 41.0 Å². The van der Waals surface area contributed by atoms with Crippen molar-refractivity contribution < 1.29 is 54.9 Å². The van der Waals surface area contributed by atoms with E-state index in [2.05, 4.69) is 0 Å². The molecule has 0 N–H and O–H groups in total. The van der Waals surface area contributed by atoms with E-state index in [1.54, 1.807) is 37.6 Å². The first-order chi connectivity index (χ1) is 24.7. The van der Waals surface area contributed by atoms with E-state index in [9.17, 15) is 0 Å². The van der Waals surface area contributed by atoms with Crippen LogP contribution in [0.1, 0.15) is 47.9 Å². The smallest absolute Gasteiger partial charge is 0.129 e. The van der Waals surface area contributed by atoms with Crippen LogP contribution in [0.3, 0.4) is 0 Å². The minimum absolute atomic E-state index is 0.150. The molecule has 0 saturated carbocycles. The van der Waals surface area contributed by atoms with E-state index in [0.717, 1.165) is 0 Å². The number of furan rings is 6. The summed E-state index contributed by atoms with van der Waals surface area (Å²) in [6, 6.07) is 22.0. The maximum absolute atomic E-state index is 6.69. The van der Waals surface area contributed by atoms with Crippen LogP contribution < -0.4 is 0 Å². The summed E-state index contributed by atoms with van der Waals surface area (Å²) in [5, 5.41) is 0. The fourth-order valence-corrected chi connectivity index (χ4v) is 5.36. The quantitative estimate of drug-likeness (QED) is 0.0607. The van der Waals surface area contributed by atoms with E-state index in [-0.39, 0.29) is 46.2 Å². The maximum atomic E-state index is 6.69. The Morgan fingerprint density at radius 3 is 1.26 bits per heavy atom. The zero-order valence-corrected chi connectivity index (χ0v) is 27.8. The zero-order valence-electron chi connectivity index (χ0n) is 27.8. The highest BCUT2D eigenvalue weighted by Crippen LogP contribution is 2.27. The Hall–Kier alpha value is -4.56. The van der Waals surface area contributed by atoms with Crippen LogP contribution in [0.15, 0.2) is 137 Å². The molecule has 12 heteroatoms. The van der Waals surface area contributed by atoms with E-state index >= 15 is 0 Å². The van der Waals surface area contributed by atoms with Crippen LogP contribution in [-0.2, 0) is 68.1 Å². The van der Waals surface area contributed by atoms with Crippen LogP contribution in [0.25, 0.3) is 0 Å². The molecule has 0 aromatic carbocycles. The molecule has 50 heavy (non-hydrogen) atoms. The third-order valence-electron chi connectivity index (χ3n) is 7.90. The van der Waals surface area contributed by atoms with Crippen molar-refractivity contribution >= 4 is 0 Å². The number of hydrogen-bond donors (Lipinski definition) is 0. The number of rotatable bonds is 24. The lowest BCUT2D eigenvalue weighted by molar-refractivity contribution is -0.199. The van der Waals surface area contributed by atoms with Crippen molar-refractivity contribution in [2.45, 2.75) is 83.5 Å². The van der Waals surface area contributed by atoms with Crippen molar-refractivity contribution in [2.24, 2.45) is 0 Å². The van der Waals surface area contributed by atoms with Gasteiger partial charge in [-0.2, -0.15) is 0 Å². The molecule has 0 fully saturated rings. The van der Waals surface area contributed by atoms with E-state index in [4.69, 9.17) is 54.9 Å². The molecule has 2 unspecified atom stereocenters. The molecule has 0 bridgehead atoms. The van der Waals surface area contributed by atoms with Crippen molar-refractivity contribution in [3.63, 3.8) is 0 Å². The first-order valence-corrected chi connectivity index (χ1v) is 16.5. The molecule has 266 valence electrons. The van der Waals surface area contributed by atoms with Crippen LogP contribution in [0, 0.1) is 0 Å². The van der Waals surface area contributed by atoms with Crippen LogP contribution in [0.2, 0.25) is 0 Å². The highest BCUT2D eigenvalue weighted by atomic mass is 16.6. The second kappa shape index (κ2) is 19.0. The molecule has 0 radical (unpaired) electrons. The van der Waals surface area contributed by atoms with Crippen molar-refractivity contribution in [3.8, 4) is 0 Å². The molecule has 0 spiro atoms. The summed E-state index contributed by atoms with van der Waals surface area (Å²) in [6.07, 6.45) is 7.03. The summed E-state index contributed by atoms with van der Waals surface area (Å²) in [4.78, 5) is 0. The highest BCUT2D eigenvalue weighted by molar-refractivity contribution is 5.01. The van der Waals surface area contributed by atoms with Gasteiger partial charge in [0.15, 0.2) is 0 Å². The molecule has 0 aliphatic heterocycles. The second-order valence-electron chi connectivity index (χ2n) is 11.6. The monoisotopic (exact) mass is 690 g/mol. The lowest BCUT2D eigenvalue weighted by Gasteiger charge is -2.37. The van der Waals surface area contributed by atoms with Crippen LogP contribution >= 0.6 is 0 Å². The predicted molar refractivity (Wildman–Crippen MR) is 175 cm³/mol. The summed E-state index contributed by atoms with van der Waals surface area (Å²) in [5.41, 5.74) is 0. The number of ether oxygens (including phenoxy) is 6. The van der Waals surface area contributed by atoms with Gasteiger partial charge in [0.2, 0.25) is 0 Å². The van der Waals surface area contributed by atoms with Gasteiger partial charge in [-0.25, -0.2) is 0 Å². The summed E-state index contributed by atoms with van der Waals surface area (Å²) in [7, 11) is 0. The van der Waals surface area contributed by atoms with Crippen molar-refractivity contribution in [1.82, 2.24) is 0 Å².